The average Bonchev–Trinajstić information content (AvgIpc) is 3.10. The summed E-state index contributed by atoms with van der Waals surface area (Å²) in [5, 5.41) is 2.97. The zero-order chi connectivity index (χ0) is 18.1. The van der Waals surface area contributed by atoms with Crippen molar-refractivity contribution in [2.45, 2.75) is 58.4 Å². The van der Waals surface area contributed by atoms with Gasteiger partial charge in [-0.2, -0.15) is 0 Å². The van der Waals surface area contributed by atoms with Crippen molar-refractivity contribution < 1.29 is 9.59 Å². The quantitative estimate of drug-likeness (QED) is 0.637. The number of aromatic amines is 1. The Morgan fingerprint density at radius 3 is 2.60 bits per heavy atom. The van der Waals surface area contributed by atoms with E-state index in [1.165, 1.54) is 6.92 Å². The Hall–Kier alpha value is -2.43. The lowest BCUT2D eigenvalue weighted by molar-refractivity contribution is -0.120. The molecule has 2 N–H and O–H groups in total. The molecule has 0 saturated heterocycles. The number of rotatable bonds is 10. The van der Waals surface area contributed by atoms with Gasteiger partial charge in [0.25, 0.3) is 0 Å². The highest BCUT2D eigenvalue weighted by Gasteiger charge is 2.16. The second-order valence-corrected chi connectivity index (χ2v) is 6.29. The van der Waals surface area contributed by atoms with Crippen LogP contribution in [-0.2, 0) is 9.59 Å². The molecule has 0 aliphatic heterocycles. The third-order valence-corrected chi connectivity index (χ3v) is 4.23. The first-order valence-electron chi connectivity index (χ1n) is 8.99. The molecule has 0 unspecified atom stereocenters. The maximum Gasteiger partial charge on any atom is 0.217 e. The van der Waals surface area contributed by atoms with Crippen molar-refractivity contribution in [3.05, 3.63) is 42.4 Å². The number of Topliss-reactive ketones (excluding diaryl/α,β-unsaturated/α-hetero) is 1. The number of ketones is 1. The lowest BCUT2D eigenvalue weighted by Gasteiger charge is -2.15. The molecule has 0 bridgehead atoms. The fourth-order valence-electron chi connectivity index (χ4n) is 2.82. The van der Waals surface area contributed by atoms with Gasteiger partial charge in [0, 0.05) is 19.8 Å². The molecule has 0 saturated carbocycles. The molecule has 25 heavy (non-hydrogen) atoms. The number of carbonyl (C=O) groups excluding carboxylic acids is 2. The van der Waals surface area contributed by atoms with Gasteiger partial charge < -0.3 is 10.3 Å². The number of unbranched alkanes of at least 4 members (excludes halogenated alkanes) is 2. The van der Waals surface area contributed by atoms with Crippen molar-refractivity contribution in [2.75, 3.05) is 0 Å². The molecule has 2 rings (SSSR count). The number of aromatic nitrogens is 2. The van der Waals surface area contributed by atoms with Crippen molar-refractivity contribution >= 4 is 11.7 Å². The number of amides is 1. The lowest BCUT2D eigenvalue weighted by atomic mass is 10.0. The third kappa shape index (κ3) is 6.18. The van der Waals surface area contributed by atoms with Gasteiger partial charge in [0.05, 0.1) is 17.9 Å². The van der Waals surface area contributed by atoms with Crippen molar-refractivity contribution in [3.8, 4) is 11.3 Å². The number of hydrogen-bond donors (Lipinski definition) is 2. The monoisotopic (exact) mass is 341 g/mol. The van der Waals surface area contributed by atoms with Crippen molar-refractivity contribution in [3.63, 3.8) is 0 Å². The molecule has 1 heterocycles. The van der Waals surface area contributed by atoms with Gasteiger partial charge >= 0.3 is 0 Å². The molecular formula is C20H27N3O2. The Bertz CT molecular complexity index is 679. The Balaban J connectivity index is 1.94. The molecule has 0 aliphatic carbocycles. The predicted molar refractivity (Wildman–Crippen MR) is 99.0 cm³/mol. The van der Waals surface area contributed by atoms with Crippen LogP contribution in [0.1, 0.15) is 64.2 Å². The first-order valence-corrected chi connectivity index (χ1v) is 8.99. The van der Waals surface area contributed by atoms with Crippen LogP contribution in [0.4, 0.5) is 0 Å². The maximum absolute atomic E-state index is 11.5. The van der Waals surface area contributed by atoms with E-state index in [4.69, 9.17) is 0 Å². The van der Waals surface area contributed by atoms with Crippen LogP contribution in [0, 0.1) is 0 Å². The van der Waals surface area contributed by atoms with E-state index in [9.17, 15) is 9.59 Å². The number of benzene rings is 1. The van der Waals surface area contributed by atoms with Gasteiger partial charge in [0.2, 0.25) is 5.91 Å². The largest absolute Gasteiger partial charge is 0.346 e. The van der Waals surface area contributed by atoms with Gasteiger partial charge in [-0.15, -0.1) is 0 Å². The van der Waals surface area contributed by atoms with E-state index in [-0.39, 0.29) is 11.9 Å². The van der Waals surface area contributed by atoms with Gasteiger partial charge in [-0.25, -0.2) is 4.98 Å². The zero-order valence-corrected chi connectivity index (χ0v) is 15.0. The molecule has 0 spiro atoms. The highest BCUT2D eigenvalue weighted by atomic mass is 16.1. The summed E-state index contributed by atoms with van der Waals surface area (Å²) in [6.45, 7) is 3.42. The molecule has 5 nitrogen and oxygen atoms in total. The third-order valence-electron chi connectivity index (χ3n) is 4.23. The van der Waals surface area contributed by atoms with E-state index in [0.717, 1.165) is 42.8 Å². The van der Waals surface area contributed by atoms with Crippen LogP contribution in [0.15, 0.2) is 36.5 Å². The van der Waals surface area contributed by atoms with E-state index in [0.29, 0.717) is 18.6 Å². The van der Waals surface area contributed by atoms with E-state index in [1.807, 2.05) is 37.3 Å². The molecule has 1 atom stereocenters. The Labute approximate surface area is 149 Å². The minimum Gasteiger partial charge on any atom is -0.346 e. The molecule has 134 valence electrons. The summed E-state index contributed by atoms with van der Waals surface area (Å²) in [7, 11) is 0. The summed E-state index contributed by atoms with van der Waals surface area (Å²) < 4.78 is 0. The first-order chi connectivity index (χ1) is 12.1. The van der Waals surface area contributed by atoms with E-state index in [1.54, 1.807) is 6.20 Å². The molecule has 0 aliphatic rings. The number of carbonyl (C=O) groups is 2. The maximum atomic E-state index is 11.5. The van der Waals surface area contributed by atoms with Crippen LogP contribution in [0.25, 0.3) is 11.3 Å². The number of nitrogens with one attached hydrogen (secondary N) is 2. The summed E-state index contributed by atoms with van der Waals surface area (Å²) in [6.07, 6.45) is 6.72. The summed E-state index contributed by atoms with van der Waals surface area (Å²) in [5.74, 6) is 1.03. The molecule has 1 aromatic heterocycles. The number of H-pyrrole nitrogens is 1. The Morgan fingerprint density at radius 1 is 1.16 bits per heavy atom. The topological polar surface area (TPSA) is 74.8 Å². The van der Waals surface area contributed by atoms with E-state index >= 15 is 0 Å². The predicted octanol–water partition coefficient (Wildman–Crippen LogP) is 4.18. The number of imidazole rings is 1. The minimum absolute atomic E-state index is 0.0659. The van der Waals surface area contributed by atoms with Crippen LogP contribution in [-0.4, -0.2) is 21.7 Å². The Morgan fingerprint density at radius 2 is 1.92 bits per heavy atom. The summed E-state index contributed by atoms with van der Waals surface area (Å²) in [5.41, 5.74) is 2.01. The lowest BCUT2D eigenvalue weighted by Crippen LogP contribution is -2.26. The minimum atomic E-state index is -0.128. The molecule has 2 aromatic rings. The SMILES string of the molecule is CCC(=O)CCCCC[C@H](NC(C)=O)c1ncc(-c2ccccc2)[nH]1. The molecule has 5 heteroatoms. The fourth-order valence-corrected chi connectivity index (χ4v) is 2.82. The number of hydrogen-bond acceptors (Lipinski definition) is 3. The van der Waals surface area contributed by atoms with Crippen LogP contribution in [0.5, 0.6) is 0 Å². The average molecular weight is 341 g/mol. The highest BCUT2D eigenvalue weighted by molar-refractivity contribution is 5.77. The first kappa shape index (κ1) is 18.9. The van der Waals surface area contributed by atoms with Gasteiger partial charge in [-0.3, -0.25) is 9.59 Å². The normalized spacial score (nSPS) is 11.9. The molecule has 0 radical (unpaired) electrons. The highest BCUT2D eigenvalue weighted by Crippen LogP contribution is 2.22. The van der Waals surface area contributed by atoms with Gasteiger partial charge in [-0.05, 0) is 18.4 Å². The van der Waals surface area contributed by atoms with Gasteiger partial charge in [-0.1, -0.05) is 50.1 Å². The smallest absolute Gasteiger partial charge is 0.217 e. The molecular weight excluding hydrogens is 314 g/mol. The standard InChI is InChI=1S/C20H27N3O2/c1-3-17(25)12-8-5-9-13-18(22-15(2)24)20-21-14-19(23-20)16-10-6-4-7-11-16/h4,6-7,10-11,14,18H,3,5,8-9,12-13H2,1-2H3,(H,21,23)(H,22,24)/t18-/m0/s1. The van der Waals surface area contributed by atoms with Crippen molar-refractivity contribution in [1.29, 1.82) is 0 Å². The van der Waals surface area contributed by atoms with Crippen molar-refractivity contribution in [2.24, 2.45) is 0 Å². The molecule has 0 fully saturated rings. The Kier molecular flexibility index (Phi) is 7.38. The van der Waals surface area contributed by atoms with E-state index in [2.05, 4.69) is 15.3 Å². The van der Waals surface area contributed by atoms with Crippen LogP contribution < -0.4 is 5.32 Å². The second kappa shape index (κ2) is 9.77. The summed E-state index contributed by atoms with van der Waals surface area (Å²) in [6, 6.07) is 9.86. The van der Waals surface area contributed by atoms with Crippen LogP contribution in [0.2, 0.25) is 0 Å². The molecule has 1 amide bonds. The zero-order valence-electron chi connectivity index (χ0n) is 15.0. The van der Waals surface area contributed by atoms with Crippen molar-refractivity contribution in [1.82, 2.24) is 15.3 Å². The number of nitrogens with zero attached hydrogens (tertiary/aromatic N) is 1. The van der Waals surface area contributed by atoms with Gasteiger partial charge in [0.1, 0.15) is 11.6 Å². The fraction of sp³-hybridized carbons (Fsp3) is 0.450. The summed E-state index contributed by atoms with van der Waals surface area (Å²) in [4.78, 5) is 30.7. The summed E-state index contributed by atoms with van der Waals surface area (Å²) >= 11 is 0. The molecule has 1 aromatic carbocycles. The van der Waals surface area contributed by atoms with Crippen LogP contribution >= 0.6 is 0 Å². The van der Waals surface area contributed by atoms with Gasteiger partial charge in [0.15, 0.2) is 0 Å². The second-order valence-electron chi connectivity index (χ2n) is 6.29. The van der Waals surface area contributed by atoms with E-state index < -0.39 is 0 Å². The van der Waals surface area contributed by atoms with Crippen LogP contribution in [0.3, 0.4) is 0 Å².